The van der Waals surface area contributed by atoms with Gasteiger partial charge in [0.15, 0.2) is 0 Å². The van der Waals surface area contributed by atoms with Crippen LogP contribution in [-0.4, -0.2) is 75.4 Å². The average Bonchev–Trinajstić information content (AvgIpc) is 2.79. The topological polar surface area (TPSA) is 78.0 Å². The summed E-state index contributed by atoms with van der Waals surface area (Å²) in [5, 5.41) is -0.587. The second-order valence-electron chi connectivity index (χ2n) is 9.26. The van der Waals surface area contributed by atoms with E-state index >= 15 is 0 Å². The molecular weight excluding hydrogens is 422 g/mol. The standard InChI is InChI=1S/C21H35N3O4S2/c1-17(2)23-11-7-10-20(30(23,27)28)18-8-6-9-19(16-18)21(3,4)24-13-12-22(5)14-15-29(24,25)26/h6,8-9,16-17,20H,7,10-15H2,1-5H3. The molecule has 1 aromatic carbocycles. The van der Waals surface area contributed by atoms with Crippen molar-refractivity contribution in [3.8, 4) is 0 Å². The van der Waals surface area contributed by atoms with Crippen LogP contribution in [0.1, 0.15) is 56.9 Å². The zero-order valence-electron chi connectivity index (χ0n) is 18.7. The van der Waals surface area contributed by atoms with Crippen molar-refractivity contribution in [2.75, 3.05) is 39.0 Å². The van der Waals surface area contributed by atoms with Gasteiger partial charge in [0.2, 0.25) is 20.0 Å². The van der Waals surface area contributed by atoms with E-state index in [-0.39, 0.29) is 11.8 Å². The van der Waals surface area contributed by atoms with Crippen molar-refractivity contribution in [2.45, 2.75) is 57.4 Å². The number of benzene rings is 1. The molecule has 30 heavy (non-hydrogen) atoms. The van der Waals surface area contributed by atoms with Gasteiger partial charge in [-0.25, -0.2) is 16.8 Å². The maximum Gasteiger partial charge on any atom is 0.221 e. The maximum atomic E-state index is 13.2. The summed E-state index contributed by atoms with van der Waals surface area (Å²) in [6.07, 6.45) is 1.41. The lowest BCUT2D eigenvalue weighted by molar-refractivity contribution is 0.216. The van der Waals surface area contributed by atoms with Crippen molar-refractivity contribution >= 4 is 20.0 Å². The van der Waals surface area contributed by atoms with E-state index in [9.17, 15) is 16.8 Å². The Labute approximate surface area is 182 Å². The Hall–Kier alpha value is -1.00. The Morgan fingerprint density at radius 1 is 1.03 bits per heavy atom. The van der Waals surface area contributed by atoms with E-state index in [2.05, 4.69) is 0 Å². The first kappa shape index (κ1) is 23.7. The van der Waals surface area contributed by atoms with Crippen LogP contribution in [0.25, 0.3) is 0 Å². The fourth-order valence-corrected chi connectivity index (χ4v) is 8.72. The van der Waals surface area contributed by atoms with E-state index in [4.69, 9.17) is 0 Å². The van der Waals surface area contributed by atoms with Crippen LogP contribution in [0, 0.1) is 0 Å². The van der Waals surface area contributed by atoms with E-state index in [0.717, 1.165) is 17.5 Å². The molecule has 9 heteroatoms. The molecule has 0 spiro atoms. The lowest BCUT2D eigenvalue weighted by Gasteiger charge is -2.38. The molecule has 2 saturated heterocycles. The van der Waals surface area contributed by atoms with Gasteiger partial charge < -0.3 is 4.90 Å². The molecule has 2 aliphatic rings. The Morgan fingerprint density at radius 3 is 2.40 bits per heavy atom. The predicted molar refractivity (Wildman–Crippen MR) is 120 cm³/mol. The minimum atomic E-state index is -3.44. The average molecular weight is 458 g/mol. The molecule has 0 bridgehead atoms. The SMILES string of the molecule is CC(C)N1CCCC(c2cccc(C(C)(C)N3CCN(C)CCS3(=O)=O)c2)S1(=O)=O. The van der Waals surface area contributed by atoms with E-state index < -0.39 is 30.8 Å². The molecule has 7 nitrogen and oxygen atoms in total. The third-order valence-electron chi connectivity index (χ3n) is 6.45. The molecule has 0 radical (unpaired) electrons. The van der Waals surface area contributed by atoms with Gasteiger partial charge in [0, 0.05) is 32.2 Å². The lowest BCUT2D eigenvalue weighted by atomic mass is 9.91. The smallest absolute Gasteiger partial charge is 0.221 e. The van der Waals surface area contributed by atoms with E-state index in [1.54, 1.807) is 8.61 Å². The summed E-state index contributed by atoms with van der Waals surface area (Å²) >= 11 is 0. The van der Waals surface area contributed by atoms with Crippen molar-refractivity contribution < 1.29 is 16.8 Å². The monoisotopic (exact) mass is 457 g/mol. The van der Waals surface area contributed by atoms with Crippen molar-refractivity contribution in [3.63, 3.8) is 0 Å². The summed E-state index contributed by atoms with van der Waals surface area (Å²) in [7, 11) is -4.93. The molecule has 0 amide bonds. The van der Waals surface area contributed by atoms with Gasteiger partial charge >= 0.3 is 0 Å². The van der Waals surface area contributed by atoms with Crippen molar-refractivity contribution in [1.82, 2.24) is 13.5 Å². The van der Waals surface area contributed by atoms with Gasteiger partial charge in [0.25, 0.3) is 0 Å². The van der Waals surface area contributed by atoms with E-state index in [1.165, 1.54) is 0 Å². The largest absolute Gasteiger partial charge is 0.304 e. The molecule has 0 aliphatic carbocycles. The highest BCUT2D eigenvalue weighted by atomic mass is 32.2. The molecular formula is C21H35N3O4S2. The molecule has 1 unspecified atom stereocenters. The molecule has 0 N–H and O–H groups in total. The number of likely N-dealkylation sites (N-methyl/N-ethyl adjacent to an activating group) is 1. The number of hydrogen-bond acceptors (Lipinski definition) is 5. The molecule has 1 atom stereocenters. The molecule has 2 fully saturated rings. The maximum absolute atomic E-state index is 13.2. The zero-order chi connectivity index (χ0) is 22.3. The van der Waals surface area contributed by atoms with E-state index in [1.807, 2.05) is 63.9 Å². The van der Waals surface area contributed by atoms with Crippen LogP contribution < -0.4 is 0 Å². The summed E-state index contributed by atoms with van der Waals surface area (Å²) < 4.78 is 55.5. The first-order valence-electron chi connectivity index (χ1n) is 10.7. The quantitative estimate of drug-likeness (QED) is 0.694. The molecule has 3 rings (SSSR count). The Kier molecular flexibility index (Phi) is 6.70. The Bertz CT molecular complexity index is 974. The minimum absolute atomic E-state index is 0.0725. The van der Waals surface area contributed by atoms with E-state index in [0.29, 0.717) is 32.6 Å². The Balaban J connectivity index is 1.98. The van der Waals surface area contributed by atoms with Crippen LogP contribution in [0.3, 0.4) is 0 Å². The van der Waals surface area contributed by atoms with Crippen LogP contribution in [0.5, 0.6) is 0 Å². The lowest BCUT2D eigenvalue weighted by Crippen LogP contribution is -2.47. The molecule has 0 aromatic heterocycles. The van der Waals surface area contributed by atoms with Gasteiger partial charge in [0.05, 0.1) is 11.3 Å². The third-order valence-corrected chi connectivity index (χ3v) is 10.9. The summed E-state index contributed by atoms with van der Waals surface area (Å²) in [5.74, 6) is 0.0903. The first-order chi connectivity index (χ1) is 13.9. The van der Waals surface area contributed by atoms with Crippen molar-refractivity contribution in [1.29, 1.82) is 0 Å². The highest BCUT2D eigenvalue weighted by molar-refractivity contribution is 7.89. The van der Waals surface area contributed by atoms with Crippen LogP contribution in [0.2, 0.25) is 0 Å². The van der Waals surface area contributed by atoms with Crippen LogP contribution in [0.4, 0.5) is 0 Å². The third kappa shape index (κ3) is 4.46. The normalized spacial score (nSPS) is 26.5. The summed E-state index contributed by atoms with van der Waals surface area (Å²) in [6, 6.07) is 7.44. The number of sulfonamides is 2. The second kappa shape index (κ2) is 8.50. The van der Waals surface area contributed by atoms with Gasteiger partial charge in [-0.05, 0) is 58.7 Å². The fourth-order valence-electron chi connectivity index (χ4n) is 4.55. The molecule has 2 aliphatic heterocycles. The summed E-state index contributed by atoms with van der Waals surface area (Å²) in [6.45, 7) is 9.78. The molecule has 1 aromatic rings. The summed E-state index contributed by atoms with van der Waals surface area (Å²) in [4.78, 5) is 2.03. The van der Waals surface area contributed by atoms with Crippen LogP contribution >= 0.6 is 0 Å². The highest BCUT2D eigenvalue weighted by Gasteiger charge is 2.41. The predicted octanol–water partition coefficient (Wildman–Crippen LogP) is 2.37. The van der Waals surface area contributed by atoms with Gasteiger partial charge in [-0.15, -0.1) is 0 Å². The summed E-state index contributed by atoms with van der Waals surface area (Å²) in [5.41, 5.74) is 0.802. The van der Waals surface area contributed by atoms with Crippen molar-refractivity contribution in [2.24, 2.45) is 0 Å². The van der Waals surface area contributed by atoms with Gasteiger partial charge in [0.1, 0.15) is 5.25 Å². The fraction of sp³-hybridized carbons (Fsp3) is 0.714. The minimum Gasteiger partial charge on any atom is -0.304 e. The highest BCUT2D eigenvalue weighted by Crippen LogP contribution is 2.38. The molecule has 0 saturated carbocycles. The zero-order valence-corrected chi connectivity index (χ0v) is 20.3. The number of rotatable bonds is 4. The number of hydrogen-bond donors (Lipinski definition) is 0. The Morgan fingerprint density at radius 2 is 1.73 bits per heavy atom. The second-order valence-corrected chi connectivity index (χ2v) is 13.3. The molecule has 2 heterocycles. The van der Waals surface area contributed by atoms with Gasteiger partial charge in [-0.2, -0.15) is 8.61 Å². The number of nitrogens with zero attached hydrogens (tertiary/aromatic N) is 3. The molecule has 170 valence electrons. The van der Waals surface area contributed by atoms with Crippen molar-refractivity contribution in [3.05, 3.63) is 35.4 Å². The van der Waals surface area contributed by atoms with Gasteiger partial charge in [-0.1, -0.05) is 24.3 Å². The van der Waals surface area contributed by atoms with Crippen LogP contribution in [0.15, 0.2) is 24.3 Å². The van der Waals surface area contributed by atoms with Gasteiger partial charge in [-0.3, -0.25) is 0 Å². The van der Waals surface area contributed by atoms with Crippen LogP contribution in [-0.2, 0) is 25.6 Å². The first-order valence-corrected chi connectivity index (χ1v) is 13.8.